The third kappa shape index (κ3) is 3.54. The number of methoxy groups -OCH3 is 2. The Kier molecular flexibility index (Phi) is 5.92. The monoisotopic (exact) mass is 497 g/mol. The standard InChI is InChI=1S/C29H24FN3O4/c1-36-22-13-9-19(15-23(22)37-2)25-26(27(34)18-7-11-20(30)12-8-18)33-21-6-4-3-5-17(21)10-14-24(33)29(25,16-31)28(32)35/h3-15,24-26H,1-2H3,(H2,32,35)/t24-,25-,26+,29-/m1/s1. The number of hydrogen-bond donors (Lipinski definition) is 1. The van der Waals surface area contributed by atoms with Crippen LogP contribution >= 0.6 is 0 Å². The second-order valence-electron chi connectivity index (χ2n) is 9.02. The summed E-state index contributed by atoms with van der Waals surface area (Å²) in [5, 5.41) is 10.6. The minimum atomic E-state index is -1.80. The van der Waals surface area contributed by atoms with E-state index in [0.717, 1.165) is 5.56 Å². The average molecular weight is 498 g/mol. The third-order valence-corrected chi connectivity index (χ3v) is 7.30. The van der Waals surface area contributed by atoms with Gasteiger partial charge in [-0.25, -0.2) is 4.39 Å². The summed E-state index contributed by atoms with van der Waals surface area (Å²) >= 11 is 0. The number of nitrogens with two attached hydrogens (primary N) is 1. The molecule has 3 aromatic carbocycles. The summed E-state index contributed by atoms with van der Waals surface area (Å²) in [6.45, 7) is 0. The van der Waals surface area contributed by atoms with E-state index in [4.69, 9.17) is 15.2 Å². The van der Waals surface area contributed by atoms with E-state index in [0.29, 0.717) is 22.7 Å². The molecule has 0 aliphatic carbocycles. The Hall–Kier alpha value is -4.64. The second-order valence-corrected chi connectivity index (χ2v) is 9.02. The maximum absolute atomic E-state index is 14.2. The van der Waals surface area contributed by atoms with Crippen LogP contribution in [0.15, 0.2) is 72.8 Å². The van der Waals surface area contributed by atoms with Crippen LogP contribution in [0.25, 0.3) is 6.08 Å². The molecule has 2 aliphatic heterocycles. The van der Waals surface area contributed by atoms with Gasteiger partial charge in [-0.05, 0) is 53.6 Å². The van der Waals surface area contributed by atoms with Crippen molar-refractivity contribution in [3.05, 3.63) is 95.3 Å². The van der Waals surface area contributed by atoms with Crippen LogP contribution in [0.4, 0.5) is 10.1 Å². The maximum atomic E-state index is 14.2. The maximum Gasteiger partial charge on any atom is 0.241 e. The molecule has 0 bridgehead atoms. The lowest BCUT2D eigenvalue weighted by atomic mass is 9.67. The highest BCUT2D eigenvalue weighted by molar-refractivity contribution is 6.06. The Morgan fingerprint density at radius 1 is 1.03 bits per heavy atom. The number of hydrogen-bond acceptors (Lipinski definition) is 6. The molecule has 0 saturated carbocycles. The average Bonchev–Trinajstić information content (AvgIpc) is 3.24. The van der Waals surface area contributed by atoms with Gasteiger partial charge in [-0.2, -0.15) is 5.26 Å². The van der Waals surface area contributed by atoms with E-state index in [1.165, 1.54) is 38.5 Å². The predicted molar refractivity (Wildman–Crippen MR) is 136 cm³/mol. The van der Waals surface area contributed by atoms with Gasteiger partial charge in [-0.15, -0.1) is 0 Å². The normalized spacial score (nSPS) is 23.5. The number of rotatable bonds is 6. The first-order chi connectivity index (χ1) is 17.9. The minimum absolute atomic E-state index is 0.251. The number of ketones is 1. The molecule has 8 heteroatoms. The summed E-state index contributed by atoms with van der Waals surface area (Å²) in [5.41, 5.74) is 6.50. The van der Waals surface area contributed by atoms with Crippen LogP contribution in [0.3, 0.4) is 0 Å². The van der Waals surface area contributed by atoms with Crippen LogP contribution in [-0.2, 0) is 4.79 Å². The Morgan fingerprint density at radius 3 is 2.38 bits per heavy atom. The van der Waals surface area contributed by atoms with Crippen molar-refractivity contribution in [3.63, 3.8) is 0 Å². The number of nitrogens with zero attached hydrogens (tertiary/aromatic N) is 2. The van der Waals surface area contributed by atoms with Crippen LogP contribution < -0.4 is 20.1 Å². The summed E-state index contributed by atoms with van der Waals surface area (Å²) in [4.78, 5) is 29.3. The van der Waals surface area contributed by atoms with Gasteiger partial charge in [-0.3, -0.25) is 9.59 Å². The van der Waals surface area contributed by atoms with Crippen molar-refractivity contribution in [2.45, 2.75) is 18.0 Å². The number of carbonyl (C=O) groups excluding carboxylic acids is 2. The van der Waals surface area contributed by atoms with E-state index < -0.39 is 35.1 Å². The van der Waals surface area contributed by atoms with E-state index in [9.17, 15) is 19.2 Å². The first-order valence-electron chi connectivity index (χ1n) is 11.7. The number of fused-ring (bicyclic) bond motifs is 3. The first kappa shape index (κ1) is 24.1. The molecule has 2 N–H and O–H groups in total. The van der Waals surface area contributed by atoms with Crippen molar-refractivity contribution >= 4 is 23.5 Å². The van der Waals surface area contributed by atoms with Gasteiger partial charge in [-0.1, -0.05) is 36.4 Å². The highest BCUT2D eigenvalue weighted by Gasteiger charge is 2.65. The van der Waals surface area contributed by atoms with Gasteiger partial charge < -0.3 is 20.1 Å². The first-order valence-corrected chi connectivity index (χ1v) is 11.7. The largest absolute Gasteiger partial charge is 0.493 e. The molecule has 0 aromatic heterocycles. The summed E-state index contributed by atoms with van der Waals surface area (Å²) in [6.07, 6.45) is 3.59. The zero-order chi connectivity index (χ0) is 26.3. The van der Waals surface area contributed by atoms with Crippen molar-refractivity contribution in [3.8, 4) is 17.6 Å². The number of para-hydroxylation sites is 1. The van der Waals surface area contributed by atoms with Crippen LogP contribution in [0.1, 0.15) is 27.4 Å². The number of halogens is 1. The molecule has 0 unspecified atom stereocenters. The van der Waals surface area contributed by atoms with Gasteiger partial charge in [0, 0.05) is 17.2 Å². The van der Waals surface area contributed by atoms with Gasteiger partial charge in [0.2, 0.25) is 5.91 Å². The van der Waals surface area contributed by atoms with Gasteiger partial charge >= 0.3 is 0 Å². The highest BCUT2D eigenvalue weighted by Crippen LogP contribution is 2.56. The van der Waals surface area contributed by atoms with E-state index in [1.54, 1.807) is 29.2 Å². The van der Waals surface area contributed by atoms with E-state index in [1.807, 2.05) is 30.3 Å². The van der Waals surface area contributed by atoms with Crippen LogP contribution in [-0.4, -0.2) is 38.0 Å². The fourth-order valence-electron chi connectivity index (χ4n) is 5.63. The number of anilines is 1. The summed E-state index contributed by atoms with van der Waals surface area (Å²) in [6, 6.07) is 18.1. The predicted octanol–water partition coefficient (Wildman–Crippen LogP) is 4.09. The molecule has 0 spiro atoms. The van der Waals surface area contributed by atoms with Crippen molar-refractivity contribution in [2.75, 3.05) is 19.1 Å². The van der Waals surface area contributed by atoms with Crippen LogP contribution in [0, 0.1) is 22.6 Å². The van der Waals surface area contributed by atoms with Crippen molar-refractivity contribution in [1.82, 2.24) is 0 Å². The number of nitriles is 1. The van der Waals surface area contributed by atoms with E-state index >= 15 is 0 Å². The molecule has 1 fully saturated rings. The second kappa shape index (κ2) is 9.10. The highest BCUT2D eigenvalue weighted by atomic mass is 19.1. The molecule has 2 aliphatic rings. The summed E-state index contributed by atoms with van der Waals surface area (Å²) < 4.78 is 24.6. The Morgan fingerprint density at radius 2 is 1.73 bits per heavy atom. The molecular weight excluding hydrogens is 473 g/mol. The number of benzene rings is 3. The SMILES string of the molecule is COc1ccc([C@@H]2[C@@H](C(=O)c3ccc(F)cc3)N3c4ccccc4C=C[C@@H]3[C@@]2(C#N)C(N)=O)cc1OC. The molecule has 5 rings (SSSR count). The molecule has 37 heavy (non-hydrogen) atoms. The number of Topliss-reactive ketones (excluding diaryl/α,β-unsaturated/α-hetero) is 1. The number of amides is 1. The summed E-state index contributed by atoms with van der Waals surface area (Å²) in [7, 11) is 2.98. The lowest BCUT2D eigenvalue weighted by Crippen LogP contribution is -2.49. The van der Waals surface area contributed by atoms with Crippen molar-refractivity contribution < 1.29 is 23.5 Å². The van der Waals surface area contributed by atoms with Crippen molar-refractivity contribution in [2.24, 2.45) is 11.1 Å². The third-order valence-electron chi connectivity index (χ3n) is 7.30. The zero-order valence-electron chi connectivity index (χ0n) is 20.2. The quantitative estimate of drug-likeness (QED) is 0.515. The van der Waals surface area contributed by atoms with E-state index in [-0.39, 0.29) is 11.3 Å². The van der Waals surface area contributed by atoms with Gasteiger partial charge in [0.15, 0.2) is 22.7 Å². The molecule has 1 amide bonds. The fourth-order valence-corrected chi connectivity index (χ4v) is 5.63. The summed E-state index contributed by atoms with van der Waals surface area (Å²) in [5.74, 6) is -1.84. The van der Waals surface area contributed by atoms with Gasteiger partial charge in [0.1, 0.15) is 11.9 Å². The fraction of sp³-hybridized carbons (Fsp3) is 0.207. The molecular formula is C29H24FN3O4. The number of ether oxygens (including phenoxy) is 2. The minimum Gasteiger partial charge on any atom is -0.493 e. The number of carbonyl (C=O) groups is 2. The number of primary amides is 1. The Balaban J connectivity index is 1.81. The molecule has 3 aromatic rings. The Labute approximate surface area is 213 Å². The lowest BCUT2D eigenvalue weighted by molar-refractivity contribution is -0.125. The smallest absolute Gasteiger partial charge is 0.241 e. The Bertz CT molecular complexity index is 1460. The molecule has 2 heterocycles. The molecule has 186 valence electrons. The topological polar surface area (TPSA) is 106 Å². The van der Waals surface area contributed by atoms with Gasteiger partial charge in [0.25, 0.3) is 0 Å². The zero-order valence-corrected chi connectivity index (χ0v) is 20.2. The van der Waals surface area contributed by atoms with Crippen LogP contribution in [0.2, 0.25) is 0 Å². The van der Waals surface area contributed by atoms with Crippen LogP contribution in [0.5, 0.6) is 11.5 Å². The van der Waals surface area contributed by atoms with Gasteiger partial charge in [0.05, 0.1) is 26.3 Å². The molecule has 1 saturated heterocycles. The lowest BCUT2D eigenvalue weighted by Gasteiger charge is -2.36. The van der Waals surface area contributed by atoms with E-state index in [2.05, 4.69) is 6.07 Å². The molecule has 0 radical (unpaired) electrons. The van der Waals surface area contributed by atoms with Crippen molar-refractivity contribution in [1.29, 1.82) is 5.26 Å². The molecule has 4 atom stereocenters. The molecule has 7 nitrogen and oxygen atoms in total.